The number of ether oxygens (including phenoxy) is 4. The fraction of sp³-hybridized carbons (Fsp3) is 0.185. The van der Waals surface area contributed by atoms with Gasteiger partial charge in [-0.3, -0.25) is 14.5 Å². The summed E-state index contributed by atoms with van der Waals surface area (Å²) in [5.74, 6) is -3.01. The number of methoxy groups -OCH3 is 1. The predicted octanol–water partition coefficient (Wildman–Crippen LogP) is 4.73. The van der Waals surface area contributed by atoms with E-state index >= 15 is 0 Å². The second-order valence-electron chi connectivity index (χ2n) is 8.18. The summed E-state index contributed by atoms with van der Waals surface area (Å²) in [4.78, 5) is 27.5. The van der Waals surface area contributed by atoms with Gasteiger partial charge in [0.05, 0.1) is 31.0 Å². The molecule has 8 nitrogen and oxygen atoms in total. The zero-order chi connectivity index (χ0) is 26.3. The van der Waals surface area contributed by atoms with Gasteiger partial charge >= 0.3 is 0 Å². The topological polar surface area (TPSA) is 94.5 Å². The standard InChI is InChI=1S/C27H21F2NO7/c1-3-35-21-10-14(4-8-19(21)34-2)24-23(25(31)15-5-9-20-22(11-15)37-13-36-20)26(32)27(33)30(24)18-7-6-16(28)12-17(18)29/h4-12,24,31H,3,13H2,1-2H3/b25-23+. The molecule has 190 valence electrons. The maximum absolute atomic E-state index is 14.9. The highest BCUT2D eigenvalue weighted by atomic mass is 19.1. The number of aliphatic hydroxyl groups is 1. The van der Waals surface area contributed by atoms with E-state index in [-0.39, 0.29) is 23.6 Å². The molecule has 0 aliphatic carbocycles. The van der Waals surface area contributed by atoms with Gasteiger partial charge in [-0.2, -0.15) is 0 Å². The molecule has 3 aromatic rings. The lowest BCUT2D eigenvalue weighted by Crippen LogP contribution is -2.30. The summed E-state index contributed by atoms with van der Waals surface area (Å²) >= 11 is 0. The van der Waals surface area contributed by atoms with Gasteiger partial charge in [-0.25, -0.2) is 8.78 Å². The molecule has 3 aromatic carbocycles. The molecular formula is C27H21F2NO7. The first-order chi connectivity index (χ1) is 17.8. The number of hydrogen-bond donors (Lipinski definition) is 1. The van der Waals surface area contributed by atoms with Crippen LogP contribution in [-0.4, -0.2) is 37.3 Å². The van der Waals surface area contributed by atoms with E-state index in [2.05, 4.69) is 0 Å². The molecule has 0 saturated carbocycles. The molecule has 2 heterocycles. The van der Waals surface area contributed by atoms with Crippen molar-refractivity contribution in [3.63, 3.8) is 0 Å². The van der Waals surface area contributed by atoms with Gasteiger partial charge in [-0.05, 0) is 55.0 Å². The molecule has 0 aromatic heterocycles. The number of halogens is 2. The Morgan fingerprint density at radius 3 is 2.54 bits per heavy atom. The lowest BCUT2D eigenvalue weighted by molar-refractivity contribution is -0.132. The Hall–Kier alpha value is -4.60. The molecule has 2 aliphatic rings. The van der Waals surface area contributed by atoms with Crippen LogP contribution in [0.1, 0.15) is 24.1 Å². The van der Waals surface area contributed by atoms with E-state index in [1.54, 1.807) is 31.2 Å². The summed E-state index contributed by atoms with van der Waals surface area (Å²) in [5, 5.41) is 11.3. The SMILES string of the molecule is CCOc1cc(C2/C(=C(\O)c3ccc4c(c3)OCO4)C(=O)C(=O)N2c2ccc(F)cc2F)ccc1OC. The zero-order valence-corrected chi connectivity index (χ0v) is 19.8. The van der Waals surface area contributed by atoms with Crippen LogP contribution < -0.4 is 23.8 Å². The minimum atomic E-state index is -1.27. The van der Waals surface area contributed by atoms with Crippen molar-refractivity contribution >= 4 is 23.1 Å². The van der Waals surface area contributed by atoms with Gasteiger partial charge in [0.15, 0.2) is 23.0 Å². The van der Waals surface area contributed by atoms with Crippen molar-refractivity contribution in [3.8, 4) is 23.0 Å². The number of aliphatic hydroxyl groups excluding tert-OH is 1. The highest BCUT2D eigenvalue weighted by Gasteiger charge is 2.48. The second-order valence-corrected chi connectivity index (χ2v) is 8.18. The number of benzene rings is 3. The van der Waals surface area contributed by atoms with Crippen molar-refractivity contribution in [1.82, 2.24) is 0 Å². The minimum Gasteiger partial charge on any atom is -0.507 e. The zero-order valence-electron chi connectivity index (χ0n) is 19.8. The summed E-state index contributed by atoms with van der Waals surface area (Å²) in [6.45, 7) is 2.06. The van der Waals surface area contributed by atoms with Crippen LogP contribution in [0.3, 0.4) is 0 Å². The maximum atomic E-state index is 14.9. The Balaban J connectivity index is 1.73. The van der Waals surface area contributed by atoms with Crippen molar-refractivity contribution in [1.29, 1.82) is 0 Å². The van der Waals surface area contributed by atoms with Crippen LogP contribution in [0.4, 0.5) is 14.5 Å². The normalized spacial score (nSPS) is 17.8. The van der Waals surface area contributed by atoms with Crippen LogP contribution in [0.15, 0.2) is 60.2 Å². The van der Waals surface area contributed by atoms with Crippen molar-refractivity contribution in [2.24, 2.45) is 0 Å². The third kappa shape index (κ3) is 4.10. The van der Waals surface area contributed by atoms with Gasteiger partial charge in [0.25, 0.3) is 11.7 Å². The minimum absolute atomic E-state index is 0.000162. The number of hydrogen-bond acceptors (Lipinski definition) is 7. The smallest absolute Gasteiger partial charge is 0.300 e. The summed E-state index contributed by atoms with van der Waals surface area (Å²) in [7, 11) is 1.46. The highest BCUT2D eigenvalue weighted by Crippen LogP contribution is 2.45. The van der Waals surface area contributed by atoms with Gasteiger partial charge in [-0.15, -0.1) is 0 Å². The van der Waals surface area contributed by atoms with Crippen LogP contribution in [-0.2, 0) is 9.59 Å². The average molecular weight is 509 g/mol. The molecule has 10 heteroatoms. The number of rotatable bonds is 6. The molecule has 1 amide bonds. The molecule has 37 heavy (non-hydrogen) atoms. The molecule has 0 radical (unpaired) electrons. The van der Waals surface area contributed by atoms with E-state index in [9.17, 15) is 23.5 Å². The van der Waals surface area contributed by atoms with E-state index in [0.717, 1.165) is 17.0 Å². The maximum Gasteiger partial charge on any atom is 0.300 e. The fourth-order valence-electron chi connectivity index (χ4n) is 4.40. The fourth-order valence-corrected chi connectivity index (χ4v) is 4.40. The number of Topliss-reactive ketones (excluding diaryl/α,β-unsaturated/α-hetero) is 1. The van der Waals surface area contributed by atoms with Crippen LogP contribution >= 0.6 is 0 Å². The van der Waals surface area contributed by atoms with Gasteiger partial charge in [0, 0.05) is 11.6 Å². The summed E-state index contributed by atoms with van der Waals surface area (Å²) in [5.41, 5.74) is -0.105. The van der Waals surface area contributed by atoms with Gasteiger partial charge in [0.2, 0.25) is 6.79 Å². The number of carbonyl (C=O) groups excluding carboxylic acids is 2. The van der Waals surface area contributed by atoms with Crippen molar-refractivity contribution < 1.29 is 42.4 Å². The summed E-state index contributed by atoms with van der Waals surface area (Å²) in [6, 6.07) is 10.6. The summed E-state index contributed by atoms with van der Waals surface area (Å²) in [6.07, 6.45) is 0. The molecule has 0 spiro atoms. The van der Waals surface area contributed by atoms with E-state index in [0.29, 0.717) is 41.2 Å². The van der Waals surface area contributed by atoms with Crippen LogP contribution in [0.25, 0.3) is 5.76 Å². The molecule has 1 N–H and O–H groups in total. The number of fused-ring (bicyclic) bond motifs is 1. The lowest BCUT2D eigenvalue weighted by atomic mass is 9.94. The predicted molar refractivity (Wildman–Crippen MR) is 128 cm³/mol. The van der Waals surface area contributed by atoms with E-state index < -0.39 is 35.1 Å². The van der Waals surface area contributed by atoms with Gasteiger partial charge in [-0.1, -0.05) is 6.07 Å². The average Bonchev–Trinajstić information content (AvgIpc) is 3.46. The number of anilines is 1. The number of carbonyl (C=O) groups is 2. The number of ketones is 1. The van der Waals surface area contributed by atoms with Crippen molar-refractivity contribution in [2.45, 2.75) is 13.0 Å². The van der Waals surface area contributed by atoms with Gasteiger partial charge < -0.3 is 24.1 Å². The third-order valence-corrected chi connectivity index (χ3v) is 6.06. The summed E-state index contributed by atoms with van der Waals surface area (Å²) < 4.78 is 50.2. The van der Waals surface area contributed by atoms with Crippen LogP contribution in [0, 0.1) is 11.6 Å². The van der Waals surface area contributed by atoms with E-state index in [4.69, 9.17) is 18.9 Å². The lowest BCUT2D eigenvalue weighted by Gasteiger charge is -2.26. The molecule has 1 saturated heterocycles. The molecule has 2 aliphatic heterocycles. The second kappa shape index (κ2) is 9.45. The van der Waals surface area contributed by atoms with Crippen LogP contribution in [0.2, 0.25) is 0 Å². The first-order valence-corrected chi connectivity index (χ1v) is 11.3. The highest BCUT2D eigenvalue weighted by molar-refractivity contribution is 6.51. The monoisotopic (exact) mass is 509 g/mol. The number of nitrogens with zero attached hydrogens (tertiary/aromatic N) is 1. The van der Waals surface area contributed by atoms with Crippen molar-refractivity contribution in [2.75, 3.05) is 25.4 Å². The Bertz CT molecular complexity index is 1450. The molecule has 5 rings (SSSR count). The molecular weight excluding hydrogens is 488 g/mol. The molecule has 1 atom stereocenters. The number of amides is 1. The molecule has 0 bridgehead atoms. The van der Waals surface area contributed by atoms with Crippen molar-refractivity contribution in [3.05, 3.63) is 82.9 Å². The van der Waals surface area contributed by atoms with E-state index in [1.807, 2.05) is 0 Å². The molecule has 1 fully saturated rings. The largest absolute Gasteiger partial charge is 0.507 e. The van der Waals surface area contributed by atoms with E-state index in [1.165, 1.54) is 19.2 Å². The van der Waals surface area contributed by atoms with Crippen LogP contribution in [0.5, 0.6) is 23.0 Å². The Labute approximate surface area is 210 Å². The first kappa shape index (κ1) is 24.1. The third-order valence-electron chi connectivity index (χ3n) is 6.06. The Kier molecular flexibility index (Phi) is 6.16. The van der Waals surface area contributed by atoms with Gasteiger partial charge in [0.1, 0.15) is 17.4 Å². The first-order valence-electron chi connectivity index (χ1n) is 11.3. The Morgan fingerprint density at radius 2 is 1.81 bits per heavy atom. The molecule has 1 unspecified atom stereocenters. The quantitative estimate of drug-likeness (QED) is 0.292. The Morgan fingerprint density at radius 1 is 1.03 bits per heavy atom.